The lowest BCUT2D eigenvalue weighted by atomic mass is 9.38. The number of ketones is 2. The topological polar surface area (TPSA) is 115 Å². The van der Waals surface area contributed by atoms with Gasteiger partial charge in [-0.3, -0.25) is 14.4 Å². The van der Waals surface area contributed by atoms with E-state index in [1.54, 1.807) is 6.92 Å². The molecule has 4 aliphatic rings. The van der Waals surface area contributed by atoms with Gasteiger partial charge in [0, 0.05) is 10.8 Å². The smallest absolute Gasteiger partial charge is 0.312 e. The fourth-order valence-electron chi connectivity index (χ4n) is 9.94. The van der Waals surface area contributed by atoms with Gasteiger partial charge in [0.2, 0.25) is 5.82 Å². The quantitative estimate of drug-likeness (QED) is 0.337. The van der Waals surface area contributed by atoms with Crippen molar-refractivity contribution in [1.29, 1.82) is 0 Å². The van der Waals surface area contributed by atoms with Gasteiger partial charge in [-0.1, -0.05) is 60.1 Å². The van der Waals surface area contributed by atoms with Gasteiger partial charge >= 0.3 is 5.97 Å². The number of aromatic nitrogens is 4. The molecule has 0 aromatic carbocycles. The molecule has 1 aromatic rings. The number of hydrogen-bond donors (Lipinski definition) is 1. The Morgan fingerprint density at radius 1 is 1.00 bits per heavy atom. The summed E-state index contributed by atoms with van der Waals surface area (Å²) in [4.78, 5) is 40.2. The fourth-order valence-corrected chi connectivity index (χ4v) is 9.94. The Morgan fingerprint density at radius 2 is 1.68 bits per heavy atom. The zero-order valence-electron chi connectivity index (χ0n) is 26.4. The SMILES string of the molecule is COC(=O)[C@]12CCC(C)(C)CC1C[C@](C)([C@]1(C)CC[C@H]3C(C)(C)C(=O)C(c4nn[nH]n4)=C[C@]3(C)/C1=C/C(C)=O)CC2. The van der Waals surface area contributed by atoms with Crippen LogP contribution in [0.2, 0.25) is 0 Å². The van der Waals surface area contributed by atoms with E-state index in [1.165, 1.54) is 7.11 Å². The zero-order valence-corrected chi connectivity index (χ0v) is 26.4. The van der Waals surface area contributed by atoms with Crippen LogP contribution in [0.3, 0.4) is 0 Å². The molecule has 1 N–H and O–H groups in total. The molecule has 0 radical (unpaired) electrons. The number of allylic oxidation sites excluding steroid dienone is 4. The molecule has 8 nitrogen and oxygen atoms in total. The van der Waals surface area contributed by atoms with Crippen molar-refractivity contribution in [3.8, 4) is 0 Å². The number of tetrazole rings is 1. The van der Waals surface area contributed by atoms with E-state index in [1.807, 2.05) is 26.0 Å². The number of aromatic amines is 1. The van der Waals surface area contributed by atoms with Crippen molar-refractivity contribution < 1.29 is 19.1 Å². The summed E-state index contributed by atoms with van der Waals surface area (Å²) in [7, 11) is 1.53. The average molecular weight is 565 g/mol. The Hall–Kier alpha value is -2.64. The van der Waals surface area contributed by atoms with E-state index >= 15 is 0 Å². The number of nitrogens with zero attached hydrogens (tertiary/aromatic N) is 3. The highest BCUT2D eigenvalue weighted by Crippen LogP contribution is 2.71. The number of carbonyl (C=O) groups is 3. The molecule has 5 rings (SSSR count). The van der Waals surface area contributed by atoms with E-state index in [4.69, 9.17) is 4.74 Å². The van der Waals surface area contributed by atoms with Gasteiger partial charge in [0.05, 0.1) is 18.1 Å². The van der Waals surface area contributed by atoms with Crippen molar-refractivity contribution in [3.63, 3.8) is 0 Å². The van der Waals surface area contributed by atoms with Crippen LogP contribution in [-0.4, -0.2) is 45.3 Å². The molecule has 1 unspecified atom stereocenters. The molecule has 1 aromatic heterocycles. The van der Waals surface area contributed by atoms with Crippen LogP contribution in [0.15, 0.2) is 17.7 Å². The number of Topliss-reactive ketones (excluding diaryl/α,β-unsaturated/α-hetero) is 1. The summed E-state index contributed by atoms with van der Waals surface area (Å²) in [5.74, 6) is 0.511. The van der Waals surface area contributed by atoms with E-state index in [0.717, 1.165) is 56.9 Å². The van der Waals surface area contributed by atoms with Gasteiger partial charge in [0.25, 0.3) is 0 Å². The first-order valence-electron chi connectivity index (χ1n) is 15.3. The number of ether oxygens (including phenoxy) is 1. The first kappa shape index (κ1) is 29.8. The summed E-state index contributed by atoms with van der Waals surface area (Å²) in [5.41, 5.74) is -0.398. The number of esters is 1. The number of nitrogens with one attached hydrogen (secondary N) is 1. The highest BCUT2D eigenvalue weighted by Gasteiger charge is 2.65. The lowest BCUT2D eigenvalue weighted by Crippen LogP contribution is -2.59. The molecule has 6 atom stereocenters. The second-order valence-electron chi connectivity index (χ2n) is 15.7. The van der Waals surface area contributed by atoms with Crippen molar-refractivity contribution in [2.45, 2.75) is 107 Å². The number of hydrogen-bond acceptors (Lipinski definition) is 7. The van der Waals surface area contributed by atoms with Gasteiger partial charge in [0.1, 0.15) is 0 Å². The van der Waals surface area contributed by atoms with Gasteiger partial charge in [-0.25, -0.2) is 0 Å². The molecular formula is C33H48N4O4. The monoisotopic (exact) mass is 564 g/mol. The Bertz CT molecular complexity index is 1330. The van der Waals surface area contributed by atoms with Crippen LogP contribution in [0.25, 0.3) is 5.57 Å². The van der Waals surface area contributed by atoms with Crippen molar-refractivity contribution in [2.75, 3.05) is 7.11 Å². The standard InChI is InChI=1S/C33H48N4O4/c1-20(38)16-24-31(7)19-22(26-34-36-37-35-26)25(39)29(4,5)23(31)10-11-32(24,8)30(6)13-15-33(27(40)41-9)14-12-28(2,3)17-21(33)18-30/h16,19,21,23H,10-15,17-18H2,1-9H3,(H,34,35,36,37)/b24-16-/t21?,23-,30+,31-,32+,33-/m0/s1. The lowest BCUT2D eigenvalue weighted by molar-refractivity contribution is -0.174. The second kappa shape index (κ2) is 9.43. The molecule has 0 bridgehead atoms. The van der Waals surface area contributed by atoms with Gasteiger partial charge in [-0.15, -0.1) is 10.2 Å². The number of rotatable bonds is 4. The van der Waals surface area contributed by atoms with Gasteiger partial charge < -0.3 is 4.74 Å². The van der Waals surface area contributed by atoms with E-state index in [2.05, 4.69) is 55.2 Å². The number of carbonyl (C=O) groups excluding carboxylic acids is 3. The van der Waals surface area contributed by atoms with E-state index in [0.29, 0.717) is 11.4 Å². The average Bonchev–Trinajstić information content (AvgIpc) is 3.42. The van der Waals surface area contributed by atoms with Crippen LogP contribution < -0.4 is 0 Å². The van der Waals surface area contributed by atoms with E-state index in [-0.39, 0.29) is 45.6 Å². The Labute approximate surface area is 244 Å². The molecule has 0 saturated heterocycles. The summed E-state index contributed by atoms with van der Waals surface area (Å²) in [6.07, 6.45) is 11.1. The summed E-state index contributed by atoms with van der Waals surface area (Å²) in [6.45, 7) is 17.2. The van der Waals surface area contributed by atoms with E-state index in [9.17, 15) is 14.4 Å². The van der Waals surface area contributed by atoms with Crippen LogP contribution in [0.5, 0.6) is 0 Å². The summed E-state index contributed by atoms with van der Waals surface area (Å²) in [6, 6.07) is 0. The normalized spacial score (nSPS) is 40.8. The number of H-pyrrole nitrogens is 1. The third kappa shape index (κ3) is 4.29. The van der Waals surface area contributed by atoms with Crippen LogP contribution in [0, 0.1) is 44.3 Å². The van der Waals surface area contributed by atoms with Gasteiger partial charge in [0.15, 0.2) is 11.6 Å². The van der Waals surface area contributed by atoms with Crippen molar-refractivity contribution in [2.24, 2.45) is 44.3 Å². The Kier molecular flexibility index (Phi) is 6.87. The van der Waals surface area contributed by atoms with Crippen LogP contribution in [0.1, 0.15) is 113 Å². The summed E-state index contributed by atoms with van der Waals surface area (Å²) >= 11 is 0. The largest absolute Gasteiger partial charge is 0.469 e. The van der Waals surface area contributed by atoms with Crippen LogP contribution in [0.4, 0.5) is 0 Å². The Balaban J connectivity index is 1.65. The molecule has 0 spiro atoms. The third-order valence-corrected chi connectivity index (χ3v) is 12.5. The van der Waals surface area contributed by atoms with Crippen molar-refractivity contribution >= 4 is 23.1 Å². The molecule has 3 saturated carbocycles. The maximum atomic E-state index is 13.8. The summed E-state index contributed by atoms with van der Waals surface area (Å²) in [5, 5.41) is 14.6. The number of methoxy groups -OCH3 is 1. The second-order valence-corrected chi connectivity index (χ2v) is 15.7. The molecule has 1 heterocycles. The van der Waals surface area contributed by atoms with Crippen LogP contribution >= 0.6 is 0 Å². The molecule has 3 fully saturated rings. The molecule has 224 valence electrons. The third-order valence-electron chi connectivity index (χ3n) is 12.5. The van der Waals surface area contributed by atoms with E-state index < -0.39 is 16.2 Å². The molecule has 0 aliphatic heterocycles. The molecule has 4 aliphatic carbocycles. The highest BCUT2D eigenvalue weighted by atomic mass is 16.5. The minimum atomic E-state index is -0.669. The number of fused-ring (bicyclic) bond motifs is 2. The van der Waals surface area contributed by atoms with Gasteiger partial charge in [-0.05, 0) is 97.7 Å². The first-order chi connectivity index (χ1) is 19.0. The maximum Gasteiger partial charge on any atom is 0.312 e. The minimum absolute atomic E-state index is 0.0134. The predicted molar refractivity (Wildman–Crippen MR) is 156 cm³/mol. The van der Waals surface area contributed by atoms with Crippen LogP contribution in [-0.2, 0) is 19.1 Å². The van der Waals surface area contributed by atoms with Crippen molar-refractivity contribution in [3.05, 3.63) is 23.5 Å². The zero-order chi connectivity index (χ0) is 30.2. The first-order valence-corrected chi connectivity index (χ1v) is 15.3. The van der Waals surface area contributed by atoms with Crippen molar-refractivity contribution in [1.82, 2.24) is 20.6 Å². The summed E-state index contributed by atoms with van der Waals surface area (Å²) < 4.78 is 5.44. The maximum absolute atomic E-state index is 13.8. The molecule has 0 amide bonds. The molecule has 41 heavy (non-hydrogen) atoms. The Morgan fingerprint density at radius 3 is 2.29 bits per heavy atom. The molecular weight excluding hydrogens is 516 g/mol. The molecule has 8 heteroatoms. The van der Waals surface area contributed by atoms with Gasteiger partial charge in [-0.2, -0.15) is 5.21 Å². The highest BCUT2D eigenvalue weighted by molar-refractivity contribution is 6.23. The fraction of sp³-hybridized carbons (Fsp3) is 0.758. The minimum Gasteiger partial charge on any atom is -0.469 e. The predicted octanol–water partition coefficient (Wildman–Crippen LogP) is 6.31. The lowest BCUT2D eigenvalue weighted by Gasteiger charge is -2.65.